The van der Waals surface area contributed by atoms with Crippen molar-refractivity contribution < 1.29 is 28.5 Å². The summed E-state index contributed by atoms with van der Waals surface area (Å²) >= 11 is 0. The first-order valence-electron chi connectivity index (χ1n) is 12.1. The zero-order chi connectivity index (χ0) is 26.8. The van der Waals surface area contributed by atoms with Gasteiger partial charge < -0.3 is 29.2 Å². The van der Waals surface area contributed by atoms with Crippen LogP contribution in [0.1, 0.15) is 27.2 Å². The summed E-state index contributed by atoms with van der Waals surface area (Å²) in [4.78, 5) is 30.3. The second-order valence-corrected chi connectivity index (χ2v) is 9.22. The molecule has 3 aromatic rings. The van der Waals surface area contributed by atoms with Crippen LogP contribution < -0.4 is 15.0 Å². The maximum Gasteiger partial charge on any atom is 0.407 e. The molecule has 0 spiro atoms. The summed E-state index contributed by atoms with van der Waals surface area (Å²) in [5.74, 6) is 1.07. The first-order chi connectivity index (χ1) is 17.7. The van der Waals surface area contributed by atoms with Gasteiger partial charge in [-0.3, -0.25) is 4.79 Å². The normalized spacial score (nSPS) is 11.3. The highest BCUT2D eigenvalue weighted by Crippen LogP contribution is 2.28. The van der Waals surface area contributed by atoms with E-state index < -0.39 is 11.7 Å². The fraction of sp³-hybridized carbons (Fsp3) is 0.462. The third kappa shape index (κ3) is 8.35. The summed E-state index contributed by atoms with van der Waals surface area (Å²) in [7, 11) is 3.01. The van der Waals surface area contributed by atoms with Gasteiger partial charge in [-0.25, -0.2) is 14.3 Å². The molecule has 0 radical (unpaired) electrons. The van der Waals surface area contributed by atoms with E-state index in [0.29, 0.717) is 43.5 Å². The summed E-state index contributed by atoms with van der Waals surface area (Å²) < 4.78 is 22.8. The van der Waals surface area contributed by atoms with E-state index in [-0.39, 0.29) is 19.0 Å². The fourth-order valence-electron chi connectivity index (χ4n) is 3.50. The van der Waals surface area contributed by atoms with Gasteiger partial charge in [0.05, 0.1) is 32.9 Å². The molecule has 0 unspecified atom stereocenters. The molecule has 0 aliphatic carbocycles. The predicted molar refractivity (Wildman–Crippen MR) is 139 cm³/mol. The SMILES string of the molecule is COCCN(CCC(=O)OC)c1ccn2ncc(-c3cccc(OCCNC(=O)OC(C)(C)C)c3)c2n1. The number of rotatable bonds is 12. The molecule has 37 heavy (non-hydrogen) atoms. The van der Waals surface area contributed by atoms with Crippen LogP contribution in [0.2, 0.25) is 0 Å². The van der Waals surface area contributed by atoms with E-state index in [2.05, 4.69) is 10.4 Å². The van der Waals surface area contributed by atoms with Gasteiger partial charge in [-0.2, -0.15) is 5.10 Å². The second kappa shape index (κ2) is 12.9. The summed E-state index contributed by atoms with van der Waals surface area (Å²) in [5.41, 5.74) is 1.83. The van der Waals surface area contributed by atoms with Crippen LogP contribution in [0.25, 0.3) is 16.8 Å². The van der Waals surface area contributed by atoms with Gasteiger partial charge in [0.25, 0.3) is 0 Å². The lowest BCUT2D eigenvalue weighted by molar-refractivity contribution is -0.140. The lowest BCUT2D eigenvalue weighted by Gasteiger charge is -2.23. The van der Waals surface area contributed by atoms with E-state index in [1.54, 1.807) is 17.8 Å². The maximum atomic E-state index is 11.8. The molecule has 0 fully saturated rings. The van der Waals surface area contributed by atoms with Crippen molar-refractivity contribution >= 4 is 23.5 Å². The smallest absolute Gasteiger partial charge is 0.407 e. The van der Waals surface area contributed by atoms with Gasteiger partial charge in [-0.05, 0) is 44.5 Å². The van der Waals surface area contributed by atoms with Gasteiger partial charge in [0.15, 0.2) is 5.65 Å². The number of methoxy groups -OCH3 is 2. The number of benzene rings is 1. The summed E-state index contributed by atoms with van der Waals surface area (Å²) in [6.45, 7) is 7.54. The Hall–Kier alpha value is -3.86. The number of carbonyl (C=O) groups is 2. The second-order valence-electron chi connectivity index (χ2n) is 9.22. The summed E-state index contributed by atoms with van der Waals surface area (Å²) in [6, 6.07) is 9.45. The maximum absolute atomic E-state index is 11.8. The number of aromatic nitrogens is 3. The third-order valence-corrected chi connectivity index (χ3v) is 5.24. The zero-order valence-corrected chi connectivity index (χ0v) is 22.0. The average Bonchev–Trinajstić information content (AvgIpc) is 3.29. The molecule has 3 rings (SSSR count). The minimum Gasteiger partial charge on any atom is -0.492 e. The Balaban J connectivity index is 1.73. The number of hydrogen-bond acceptors (Lipinski definition) is 9. The molecule has 11 nitrogen and oxygen atoms in total. The fourth-order valence-corrected chi connectivity index (χ4v) is 3.50. The number of amides is 1. The first-order valence-corrected chi connectivity index (χ1v) is 12.1. The Morgan fingerprint density at radius 3 is 2.65 bits per heavy atom. The zero-order valence-electron chi connectivity index (χ0n) is 22.0. The highest BCUT2D eigenvalue weighted by molar-refractivity contribution is 5.78. The van der Waals surface area contributed by atoms with Crippen molar-refractivity contribution in [2.24, 2.45) is 0 Å². The molecule has 0 bridgehead atoms. The molecule has 0 saturated heterocycles. The van der Waals surface area contributed by atoms with E-state index in [1.807, 2.05) is 62.2 Å². The number of nitrogens with one attached hydrogen (secondary N) is 1. The van der Waals surface area contributed by atoms with Crippen molar-refractivity contribution in [3.05, 3.63) is 42.7 Å². The minimum absolute atomic E-state index is 0.237. The van der Waals surface area contributed by atoms with Crippen LogP contribution >= 0.6 is 0 Å². The Labute approximate surface area is 216 Å². The molecule has 2 aromatic heterocycles. The lowest BCUT2D eigenvalue weighted by atomic mass is 10.1. The van der Waals surface area contributed by atoms with Gasteiger partial charge in [-0.15, -0.1) is 0 Å². The number of esters is 1. The van der Waals surface area contributed by atoms with Crippen LogP contribution in [0.3, 0.4) is 0 Å². The molecule has 1 N–H and O–H groups in total. The standard InChI is InChI=1S/C26H35N5O6/c1-26(2,3)37-25(33)27-11-15-36-20-8-6-7-19(17-20)21-18-28-31-13-9-22(29-24(21)31)30(14-16-34-4)12-10-23(32)35-5/h6-9,13,17-18H,10-12,14-16H2,1-5H3,(H,27,33). The Kier molecular flexibility index (Phi) is 9.67. The van der Waals surface area contributed by atoms with Crippen molar-refractivity contribution in [3.63, 3.8) is 0 Å². The molecule has 2 heterocycles. The topological polar surface area (TPSA) is 117 Å². The molecule has 200 valence electrons. The van der Waals surface area contributed by atoms with Crippen LogP contribution in [0.5, 0.6) is 5.75 Å². The summed E-state index contributed by atoms with van der Waals surface area (Å²) in [5, 5.41) is 7.11. The van der Waals surface area contributed by atoms with Crippen molar-refractivity contribution in [1.29, 1.82) is 0 Å². The van der Waals surface area contributed by atoms with Crippen LogP contribution in [-0.4, -0.2) is 79.3 Å². The predicted octanol–water partition coefficient (Wildman–Crippen LogP) is 3.32. The van der Waals surface area contributed by atoms with Crippen LogP contribution in [0, 0.1) is 0 Å². The van der Waals surface area contributed by atoms with Gasteiger partial charge in [0, 0.05) is 32.0 Å². The molecule has 0 atom stereocenters. The number of hydrogen-bond donors (Lipinski definition) is 1. The number of fused-ring (bicyclic) bond motifs is 1. The number of nitrogens with zero attached hydrogens (tertiary/aromatic N) is 4. The monoisotopic (exact) mass is 513 g/mol. The van der Waals surface area contributed by atoms with Gasteiger partial charge in [-0.1, -0.05) is 12.1 Å². The van der Waals surface area contributed by atoms with E-state index in [1.165, 1.54) is 7.11 Å². The van der Waals surface area contributed by atoms with Crippen LogP contribution in [-0.2, 0) is 19.0 Å². The highest BCUT2D eigenvalue weighted by Gasteiger charge is 2.16. The van der Waals surface area contributed by atoms with Crippen molar-refractivity contribution in [3.8, 4) is 16.9 Å². The number of alkyl carbamates (subject to hydrolysis) is 1. The first kappa shape index (κ1) is 27.7. The largest absolute Gasteiger partial charge is 0.492 e. The molecule has 0 aliphatic heterocycles. The van der Waals surface area contributed by atoms with E-state index in [4.69, 9.17) is 23.9 Å². The van der Waals surface area contributed by atoms with E-state index >= 15 is 0 Å². The number of anilines is 1. The number of ether oxygens (including phenoxy) is 4. The molecule has 0 aliphatic rings. The molecule has 0 saturated carbocycles. The van der Waals surface area contributed by atoms with E-state index in [0.717, 1.165) is 11.1 Å². The number of carbonyl (C=O) groups excluding carboxylic acids is 2. The third-order valence-electron chi connectivity index (χ3n) is 5.24. The van der Waals surface area contributed by atoms with Crippen molar-refractivity contribution in [1.82, 2.24) is 19.9 Å². The quantitative estimate of drug-likeness (QED) is 0.287. The lowest BCUT2D eigenvalue weighted by Crippen LogP contribution is -2.34. The average molecular weight is 514 g/mol. The van der Waals surface area contributed by atoms with Gasteiger partial charge in [0.1, 0.15) is 23.8 Å². The van der Waals surface area contributed by atoms with Crippen molar-refractivity contribution in [2.45, 2.75) is 32.8 Å². The summed E-state index contributed by atoms with van der Waals surface area (Å²) in [6.07, 6.45) is 3.34. The molecule has 1 aromatic carbocycles. The van der Waals surface area contributed by atoms with Crippen LogP contribution in [0.15, 0.2) is 42.7 Å². The van der Waals surface area contributed by atoms with Gasteiger partial charge >= 0.3 is 12.1 Å². The Morgan fingerprint density at radius 2 is 1.92 bits per heavy atom. The van der Waals surface area contributed by atoms with Gasteiger partial charge in [0.2, 0.25) is 0 Å². The Morgan fingerprint density at radius 1 is 1.11 bits per heavy atom. The molecule has 1 amide bonds. The molecule has 11 heteroatoms. The van der Waals surface area contributed by atoms with E-state index in [9.17, 15) is 9.59 Å². The molecular formula is C26H35N5O6. The Bertz CT molecular complexity index is 1190. The van der Waals surface area contributed by atoms with Crippen LogP contribution in [0.4, 0.5) is 10.6 Å². The highest BCUT2D eigenvalue weighted by atomic mass is 16.6. The minimum atomic E-state index is -0.552. The molecular weight excluding hydrogens is 478 g/mol. The van der Waals surface area contributed by atoms with Crippen molar-refractivity contribution in [2.75, 3.05) is 52.0 Å².